The van der Waals surface area contributed by atoms with Gasteiger partial charge in [0.1, 0.15) is 6.04 Å². The Labute approximate surface area is 140 Å². The topological polar surface area (TPSA) is 41.6 Å². The highest BCUT2D eigenvalue weighted by Gasteiger charge is 2.33. The molecule has 4 rings (SSSR count). The molecule has 1 N–H and O–H groups in total. The summed E-state index contributed by atoms with van der Waals surface area (Å²) in [4.78, 5) is 14.4. The molecule has 1 amide bonds. The highest BCUT2D eigenvalue weighted by molar-refractivity contribution is 6.34. The van der Waals surface area contributed by atoms with Crippen LogP contribution in [-0.4, -0.2) is 18.5 Å². The quantitative estimate of drug-likeness (QED) is 0.936. The van der Waals surface area contributed by atoms with Gasteiger partial charge in [-0.3, -0.25) is 4.79 Å². The minimum absolute atomic E-state index is 0.0647. The Hall–Kier alpha value is -2.04. The average molecular weight is 329 g/mol. The third kappa shape index (κ3) is 2.69. The lowest BCUT2D eigenvalue weighted by Crippen LogP contribution is -2.33. The molecule has 118 valence electrons. The second-order valence-electron chi connectivity index (χ2n) is 5.90. The van der Waals surface area contributed by atoms with Gasteiger partial charge in [-0.15, -0.1) is 0 Å². The van der Waals surface area contributed by atoms with E-state index < -0.39 is 0 Å². The molecular formula is C18H17ClN2O2. The zero-order valence-electron chi connectivity index (χ0n) is 12.6. The van der Waals surface area contributed by atoms with Crippen LogP contribution in [0.2, 0.25) is 5.02 Å². The van der Waals surface area contributed by atoms with Crippen LogP contribution < -0.4 is 10.2 Å². The van der Waals surface area contributed by atoms with Crippen LogP contribution in [0.15, 0.2) is 42.5 Å². The second kappa shape index (κ2) is 5.87. The number of amides is 1. The molecule has 1 fully saturated rings. The molecule has 23 heavy (non-hydrogen) atoms. The van der Waals surface area contributed by atoms with Gasteiger partial charge >= 0.3 is 0 Å². The Bertz CT molecular complexity index is 762. The summed E-state index contributed by atoms with van der Waals surface area (Å²) >= 11 is 6.21. The number of ether oxygens (including phenoxy) is 1. The molecule has 4 nitrogen and oxygen atoms in total. The zero-order chi connectivity index (χ0) is 15.8. The molecule has 0 unspecified atom stereocenters. The summed E-state index contributed by atoms with van der Waals surface area (Å²) in [5.41, 5.74) is 4.17. The molecule has 1 atom stereocenters. The third-order valence-corrected chi connectivity index (χ3v) is 4.73. The van der Waals surface area contributed by atoms with E-state index in [2.05, 4.69) is 17.4 Å². The standard InChI is InChI=1S/C18H17ClN2O2/c19-15-3-1-2-4-17(15)21-8-7-16(18(21)22)20-14-6-5-12-10-23-11-13(12)9-14/h1-6,9,16,20H,7-8,10-11H2/t16-/m0/s1. The summed E-state index contributed by atoms with van der Waals surface area (Å²) in [5, 5.41) is 3.96. The van der Waals surface area contributed by atoms with Crippen LogP contribution in [0.25, 0.3) is 0 Å². The first kappa shape index (κ1) is 14.5. The fourth-order valence-electron chi connectivity index (χ4n) is 3.19. The van der Waals surface area contributed by atoms with Crippen LogP contribution in [0, 0.1) is 0 Å². The average Bonchev–Trinajstić information content (AvgIpc) is 3.15. The molecule has 1 saturated heterocycles. The van der Waals surface area contributed by atoms with Gasteiger partial charge < -0.3 is 15.0 Å². The van der Waals surface area contributed by atoms with Crippen molar-refractivity contribution in [3.63, 3.8) is 0 Å². The first-order valence-electron chi connectivity index (χ1n) is 7.74. The van der Waals surface area contributed by atoms with Crippen molar-refractivity contribution in [3.05, 3.63) is 58.6 Å². The number of hydrogen-bond acceptors (Lipinski definition) is 3. The predicted molar refractivity (Wildman–Crippen MR) is 90.8 cm³/mol. The Morgan fingerprint density at radius 1 is 1.13 bits per heavy atom. The van der Waals surface area contributed by atoms with Gasteiger partial charge in [0.05, 0.1) is 23.9 Å². The van der Waals surface area contributed by atoms with E-state index in [4.69, 9.17) is 16.3 Å². The number of benzene rings is 2. The van der Waals surface area contributed by atoms with E-state index in [0.717, 1.165) is 17.8 Å². The summed E-state index contributed by atoms with van der Waals surface area (Å²) < 4.78 is 5.43. The van der Waals surface area contributed by atoms with Crippen molar-refractivity contribution in [2.45, 2.75) is 25.7 Å². The van der Waals surface area contributed by atoms with Crippen LogP contribution in [0.1, 0.15) is 17.5 Å². The SMILES string of the molecule is O=C1[C@@H](Nc2ccc3c(c2)COC3)CCN1c1ccccc1Cl. The van der Waals surface area contributed by atoms with Crippen molar-refractivity contribution in [1.82, 2.24) is 0 Å². The van der Waals surface area contributed by atoms with Crippen molar-refractivity contribution in [1.29, 1.82) is 0 Å². The number of halogens is 1. The molecule has 2 aliphatic rings. The number of nitrogens with zero attached hydrogens (tertiary/aromatic N) is 1. The minimum Gasteiger partial charge on any atom is -0.374 e. The van der Waals surface area contributed by atoms with Crippen molar-refractivity contribution in [3.8, 4) is 0 Å². The van der Waals surface area contributed by atoms with Gasteiger partial charge in [0.25, 0.3) is 0 Å². The summed E-state index contributed by atoms with van der Waals surface area (Å²) in [7, 11) is 0. The van der Waals surface area contributed by atoms with E-state index in [-0.39, 0.29) is 11.9 Å². The number of fused-ring (bicyclic) bond motifs is 1. The smallest absolute Gasteiger partial charge is 0.249 e. The lowest BCUT2D eigenvalue weighted by molar-refractivity contribution is -0.117. The molecule has 0 aromatic heterocycles. The highest BCUT2D eigenvalue weighted by Crippen LogP contribution is 2.30. The highest BCUT2D eigenvalue weighted by atomic mass is 35.5. The van der Waals surface area contributed by atoms with E-state index >= 15 is 0 Å². The minimum atomic E-state index is -0.216. The maximum atomic E-state index is 12.7. The number of nitrogens with one attached hydrogen (secondary N) is 1. The van der Waals surface area contributed by atoms with Gasteiger partial charge in [0.2, 0.25) is 5.91 Å². The Balaban J connectivity index is 1.51. The van der Waals surface area contributed by atoms with Gasteiger partial charge in [0.15, 0.2) is 0 Å². The number of hydrogen-bond donors (Lipinski definition) is 1. The zero-order valence-corrected chi connectivity index (χ0v) is 13.3. The van der Waals surface area contributed by atoms with Crippen molar-refractivity contribution in [2.75, 3.05) is 16.8 Å². The molecular weight excluding hydrogens is 312 g/mol. The molecule has 2 aliphatic heterocycles. The Morgan fingerprint density at radius 3 is 2.83 bits per heavy atom. The van der Waals surface area contributed by atoms with Gasteiger partial charge in [-0.25, -0.2) is 0 Å². The number of rotatable bonds is 3. The van der Waals surface area contributed by atoms with Crippen LogP contribution in [0.4, 0.5) is 11.4 Å². The first-order valence-corrected chi connectivity index (χ1v) is 8.12. The molecule has 0 saturated carbocycles. The van der Waals surface area contributed by atoms with E-state index in [1.54, 1.807) is 4.90 Å². The van der Waals surface area contributed by atoms with Gasteiger partial charge in [-0.2, -0.15) is 0 Å². The number of anilines is 2. The first-order chi connectivity index (χ1) is 11.2. The van der Waals surface area contributed by atoms with Crippen molar-refractivity contribution in [2.24, 2.45) is 0 Å². The Morgan fingerprint density at radius 2 is 1.96 bits per heavy atom. The molecule has 2 aromatic carbocycles. The van der Waals surface area contributed by atoms with Crippen molar-refractivity contribution < 1.29 is 9.53 Å². The Kier molecular flexibility index (Phi) is 3.71. The molecule has 0 bridgehead atoms. The van der Waals surface area contributed by atoms with Gasteiger partial charge in [0, 0.05) is 12.2 Å². The van der Waals surface area contributed by atoms with Crippen LogP contribution in [0.5, 0.6) is 0 Å². The predicted octanol–water partition coefficient (Wildman–Crippen LogP) is 3.59. The summed E-state index contributed by atoms with van der Waals surface area (Å²) in [5.74, 6) is 0.0647. The molecule has 5 heteroatoms. The third-order valence-electron chi connectivity index (χ3n) is 4.41. The molecule has 0 radical (unpaired) electrons. The molecule has 2 aromatic rings. The normalized spacial score (nSPS) is 20.0. The number of carbonyl (C=O) groups is 1. The van der Waals surface area contributed by atoms with E-state index in [1.807, 2.05) is 30.3 Å². The van der Waals surface area contributed by atoms with E-state index in [1.165, 1.54) is 11.1 Å². The number of carbonyl (C=O) groups excluding carboxylic acids is 1. The summed E-state index contributed by atoms with van der Waals surface area (Å²) in [6.45, 7) is 2.00. The second-order valence-corrected chi connectivity index (χ2v) is 6.31. The van der Waals surface area contributed by atoms with E-state index in [9.17, 15) is 4.79 Å². The summed E-state index contributed by atoms with van der Waals surface area (Å²) in [6.07, 6.45) is 0.762. The molecule has 0 spiro atoms. The van der Waals surface area contributed by atoms with Crippen LogP contribution >= 0.6 is 11.6 Å². The fraction of sp³-hybridized carbons (Fsp3) is 0.278. The molecule has 0 aliphatic carbocycles. The number of para-hydroxylation sites is 1. The largest absolute Gasteiger partial charge is 0.374 e. The van der Waals surface area contributed by atoms with Crippen LogP contribution in [-0.2, 0) is 22.7 Å². The van der Waals surface area contributed by atoms with Crippen LogP contribution in [0.3, 0.4) is 0 Å². The van der Waals surface area contributed by atoms with Crippen molar-refractivity contribution >= 4 is 28.9 Å². The monoisotopic (exact) mass is 328 g/mol. The summed E-state index contributed by atoms with van der Waals surface area (Å²) in [6, 6.07) is 13.4. The fourth-order valence-corrected chi connectivity index (χ4v) is 3.42. The lowest BCUT2D eigenvalue weighted by atomic mass is 10.1. The lowest BCUT2D eigenvalue weighted by Gasteiger charge is -2.19. The maximum Gasteiger partial charge on any atom is 0.249 e. The van der Waals surface area contributed by atoms with E-state index in [0.29, 0.717) is 24.8 Å². The molecule has 2 heterocycles. The van der Waals surface area contributed by atoms with Gasteiger partial charge in [-0.05, 0) is 41.8 Å². The maximum absolute atomic E-state index is 12.7. The van der Waals surface area contributed by atoms with Gasteiger partial charge in [-0.1, -0.05) is 29.8 Å².